The molecule has 7 aromatic carbocycles. The zero-order valence-corrected chi connectivity index (χ0v) is 33.1. The van der Waals surface area contributed by atoms with E-state index in [0.29, 0.717) is 0 Å². The third-order valence-electron chi connectivity index (χ3n) is 10.4. The molecule has 7 rings (SSSR count). The molecule has 0 spiro atoms. The highest BCUT2D eigenvalue weighted by atomic mass is 15.1. The van der Waals surface area contributed by atoms with Crippen LogP contribution in [-0.4, -0.2) is 0 Å². The molecule has 0 saturated heterocycles. The van der Waals surface area contributed by atoms with Crippen LogP contribution < -0.4 is 9.80 Å². The smallest absolute Gasteiger partial charge is 0.0462 e. The normalized spacial score (nSPS) is 11.7. The van der Waals surface area contributed by atoms with Crippen molar-refractivity contribution < 1.29 is 0 Å². The number of aryl methyl sites for hydroxylation is 2. The second kappa shape index (κ2) is 14.9. The first-order chi connectivity index (χ1) is 25.8. The summed E-state index contributed by atoms with van der Waals surface area (Å²) in [7, 11) is 0. The van der Waals surface area contributed by atoms with Crippen molar-refractivity contribution in [1.82, 2.24) is 0 Å². The average molecular weight is 705 g/mol. The molecule has 0 heterocycles. The maximum Gasteiger partial charge on any atom is 0.0462 e. The first-order valence-corrected chi connectivity index (χ1v) is 19.1. The van der Waals surface area contributed by atoms with Gasteiger partial charge < -0.3 is 9.80 Å². The lowest BCUT2D eigenvalue weighted by molar-refractivity contribution is 0.590. The molecule has 0 saturated carbocycles. The fourth-order valence-corrected chi connectivity index (χ4v) is 6.96. The van der Waals surface area contributed by atoms with Gasteiger partial charge in [-0.15, -0.1) is 0 Å². The molecule has 0 unspecified atom stereocenters. The molecule has 7 aromatic rings. The molecule has 270 valence electrons. The molecular formula is C52H52N2. The van der Waals surface area contributed by atoms with E-state index in [1.165, 1.54) is 44.5 Å². The topological polar surface area (TPSA) is 6.48 Å². The van der Waals surface area contributed by atoms with Crippen LogP contribution in [0, 0.1) is 13.8 Å². The van der Waals surface area contributed by atoms with Gasteiger partial charge in [0.25, 0.3) is 0 Å². The monoisotopic (exact) mass is 704 g/mol. The Balaban J connectivity index is 1.13. The molecule has 2 heteroatoms. The van der Waals surface area contributed by atoms with Crippen molar-refractivity contribution in [2.24, 2.45) is 0 Å². The predicted molar refractivity (Wildman–Crippen MR) is 234 cm³/mol. The van der Waals surface area contributed by atoms with Crippen molar-refractivity contribution in [3.05, 3.63) is 192 Å². The second-order valence-corrected chi connectivity index (χ2v) is 16.6. The van der Waals surface area contributed by atoms with Crippen molar-refractivity contribution in [2.45, 2.75) is 66.2 Å². The third-order valence-corrected chi connectivity index (χ3v) is 10.4. The van der Waals surface area contributed by atoms with Gasteiger partial charge in [0.2, 0.25) is 0 Å². The molecule has 0 atom stereocenters. The maximum absolute atomic E-state index is 2.34. The van der Waals surface area contributed by atoms with Crippen molar-refractivity contribution in [2.75, 3.05) is 9.80 Å². The highest BCUT2D eigenvalue weighted by Gasteiger charge is 2.18. The van der Waals surface area contributed by atoms with Crippen LogP contribution in [0.1, 0.15) is 63.8 Å². The van der Waals surface area contributed by atoms with Gasteiger partial charge in [-0.05, 0) is 131 Å². The summed E-state index contributed by atoms with van der Waals surface area (Å²) < 4.78 is 0. The highest BCUT2D eigenvalue weighted by Crippen LogP contribution is 2.39. The van der Waals surface area contributed by atoms with Crippen molar-refractivity contribution in [3.63, 3.8) is 0 Å². The molecule has 2 nitrogen and oxygen atoms in total. The number of anilines is 6. The number of hydrogen-bond acceptors (Lipinski definition) is 2. The van der Waals surface area contributed by atoms with Gasteiger partial charge >= 0.3 is 0 Å². The van der Waals surface area contributed by atoms with Gasteiger partial charge in [-0.1, -0.05) is 150 Å². The molecule has 0 aromatic heterocycles. The SMILES string of the molecule is Cc1ccc(N(c2ccc(-c3ccc(-c4ccc(N(c5ccc(C)cc5)c5ccc(C(C)(C)C)cc5)cc4)cc3)cc2)c2ccc(C(C)(C)C)cc2)cc1. The average Bonchev–Trinajstić information content (AvgIpc) is 3.17. The summed E-state index contributed by atoms with van der Waals surface area (Å²) in [5.41, 5.74) is 17.0. The van der Waals surface area contributed by atoms with Crippen LogP contribution in [0.3, 0.4) is 0 Å². The Morgan fingerprint density at radius 2 is 0.444 bits per heavy atom. The molecular weight excluding hydrogens is 653 g/mol. The molecule has 0 N–H and O–H groups in total. The first-order valence-electron chi connectivity index (χ1n) is 19.1. The zero-order chi connectivity index (χ0) is 38.0. The number of rotatable bonds is 8. The van der Waals surface area contributed by atoms with Gasteiger partial charge in [-0.3, -0.25) is 0 Å². The minimum absolute atomic E-state index is 0.107. The lowest BCUT2D eigenvalue weighted by Crippen LogP contribution is -2.13. The third kappa shape index (κ3) is 8.04. The van der Waals surface area contributed by atoms with Gasteiger partial charge in [0.15, 0.2) is 0 Å². The summed E-state index contributed by atoms with van der Waals surface area (Å²) in [4.78, 5) is 4.67. The maximum atomic E-state index is 2.34. The van der Waals surface area contributed by atoms with Crippen LogP contribution in [0.15, 0.2) is 170 Å². The first kappa shape index (κ1) is 36.5. The Bertz CT molecular complexity index is 2110. The Hall–Kier alpha value is -5.86. The van der Waals surface area contributed by atoms with Crippen LogP contribution in [0.4, 0.5) is 34.1 Å². The van der Waals surface area contributed by atoms with Gasteiger partial charge in [0, 0.05) is 34.1 Å². The zero-order valence-electron chi connectivity index (χ0n) is 33.1. The predicted octanol–water partition coefficient (Wildman–Crippen LogP) is 15.2. The largest absolute Gasteiger partial charge is 0.311 e. The van der Waals surface area contributed by atoms with Crippen LogP contribution in [-0.2, 0) is 10.8 Å². The van der Waals surface area contributed by atoms with E-state index in [9.17, 15) is 0 Å². The van der Waals surface area contributed by atoms with Crippen LogP contribution in [0.2, 0.25) is 0 Å². The van der Waals surface area contributed by atoms with E-state index in [4.69, 9.17) is 0 Å². The summed E-state index contributed by atoms with van der Waals surface area (Å²) >= 11 is 0. The number of benzene rings is 7. The lowest BCUT2D eigenvalue weighted by atomic mass is 9.87. The lowest BCUT2D eigenvalue weighted by Gasteiger charge is -2.27. The summed E-state index contributed by atoms with van der Waals surface area (Å²) in [6.45, 7) is 17.8. The quantitative estimate of drug-likeness (QED) is 0.155. The minimum atomic E-state index is 0.107. The number of nitrogens with zero attached hydrogens (tertiary/aromatic N) is 2. The minimum Gasteiger partial charge on any atom is -0.311 e. The molecule has 0 amide bonds. The Morgan fingerprint density at radius 1 is 0.259 bits per heavy atom. The van der Waals surface area contributed by atoms with Gasteiger partial charge in [-0.25, -0.2) is 0 Å². The summed E-state index contributed by atoms with van der Waals surface area (Å²) in [6.07, 6.45) is 0. The summed E-state index contributed by atoms with van der Waals surface area (Å²) in [5.74, 6) is 0. The van der Waals surface area contributed by atoms with E-state index >= 15 is 0 Å². The van der Waals surface area contributed by atoms with E-state index in [-0.39, 0.29) is 10.8 Å². The summed E-state index contributed by atoms with van der Waals surface area (Å²) in [5, 5.41) is 0. The highest BCUT2D eigenvalue weighted by molar-refractivity contribution is 5.81. The Morgan fingerprint density at radius 3 is 0.667 bits per heavy atom. The standard InChI is InChI=1S/C52H52N2/c1-37-9-25-45(26-10-37)53(49-33-21-43(22-34-49)51(3,4)5)47-29-17-41(18-30-47)39-13-15-40(16-14-39)42-19-31-48(32-20-42)54(46-27-11-38(2)12-28-46)50-35-23-44(24-36-50)52(6,7)8/h9-36H,1-8H3. The van der Waals surface area contributed by atoms with E-state index in [0.717, 1.165) is 34.1 Å². The molecule has 0 fully saturated rings. The molecule has 0 radical (unpaired) electrons. The van der Waals surface area contributed by atoms with Crippen molar-refractivity contribution in [1.29, 1.82) is 0 Å². The number of hydrogen-bond donors (Lipinski definition) is 0. The summed E-state index contributed by atoms with van der Waals surface area (Å²) in [6, 6.07) is 62.3. The van der Waals surface area contributed by atoms with Crippen LogP contribution in [0.25, 0.3) is 22.3 Å². The fraction of sp³-hybridized carbons (Fsp3) is 0.192. The van der Waals surface area contributed by atoms with E-state index in [1.807, 2.05) is 0 Å². The van der Waals surface area contributed by atoms with Crippen LogP contribution >= 0.6 is 0 Å². The van der Waals surface area contributed by atoms with Crippen molar-refractivity contribution in [3.8, 4) is 22.3 Å². The Kier molecular flexibility index (Phi) is 10.1. The molecule has 0 aliphatic rings. The van der Waals surface area contributed by atoms with Gasteiger partial charge in [0.05, 0.1) is 0 Å². The van der Waals surface area contributed by atoms with Crippen molar-refractivity contribution >= 4 is 34.1 Å². The molecule has 54 heavy (non-hydrogen) atoms. The van der Waals surface area contributed by atoms with E-state index in [2.05, 4.69) is 235 Å². The van der Waals surface area contributed by atoms with Gasteiger partial charge in [0.1, 0.15) is 0 Å². The second-order valence-electron chi connectivity index (χ2n) is 16.6. The fourth-order valence-electron chi connectivity index (χ4n) is 6.96. The van der Waals surface area contributed by atoms with E-state index < -0.39 is 0 Å². The van der Waals surface area contributed by atoms with Gasteiger partial charge in [-0.2, -0.15) is 0 Å². The Labute approximate surface area is 323 Å². The van der Waals surface area contributed by atoms with Crippen LogP contribution in [0.5, 0.6) is 0 Å². The molecule has 0 aliphatic carbocycles. The molecule has 0 bridgehead atoms. The molecule has 0 aliphatic heterocycles. The van der Waals surface area contributed by atoms with E-state index in [1.54, 1.807) is 0 Å².